The standard InChI is InChI=1S/C16H13NO3/c17-14-8-1-11(2-9-14)3-10-15(18)12-4-6-13(7-5-12)16(19)20/h1-10H,17H2,(H,19,20). The second-order valence-corrected chi connectivity index (χ2v) is 4.25. The molecule has 100 valence electrons. The Morgan fingerprint density at radius 3 is 2.00 bits per heavy atom. The second-order valence-electron chi connectivity index (χ2n) is 4.25. The molecule has 2 aromatic carbocycles. The molecule has 0 saturated heterocycles. The molecule has 20 heavy (non-hydrogen) atoms. The van der Waals surface area contributed by atoms with Crippen molar-refractivity contribution in [3.05, 3.63) is 71.3 Å². The van der Waals surface area contributed by atoms with E-state index in [1.165, 1.54) is 30.3 Å². The van der Waals surface area contributed by atoms with E-state index in [0.29, 0.717) is 11.3 Å². The van der Waals surface area contributed by atoms with Gasteiger partial charge in [0.2, 0.25) is 0 Å². The SMILES string of the molecule is Nc1ccc(C=CC(=O)c2ccc(C(=O)O)cc2)cc1. The van der Waals surface area contributed by atoms with Crippen LogP contribution in [0.5, 0.6) is 0 Å². The number of benzene rings is 2. The zero-order valence-electron chi connectivity index (χ0n) is 10.6. The van der Waals surface area contributed by atoms with Gasteiger partial charge in [0.1, 0.15) is 0 Å². The summed E-state index contributed by atoms with van der Waals surface area (Å²) in [6.45, 7) is 0. The van der Waals surface area contributed by atoms with Crippen LogP contribution in [0.15, 0.2) is 54.6 Å². The van der Waals surface area contributed by atoms with Gasteiger partial charge in [-0.25, -0.2) is 4.79 Å². The highest BCUT2D eigenvalue weighted by molar-refractivity contribution is 6.07. The first kappa shape index (κ1) is 13.5. The molecule has 2 rings (SSSR count). The molecule has 0 radical (unpaired) electrons. The van der Waals surface area contributed by atoms with Crippen LogP contribution in [0.4, 0.5) is 5.69 Å². The van der Waals surface area contributed by atoms with Crippen molar-refractivity contribution in [2.45, 2.75) is 0 Å². The zero-order valence-corrected chi connectivity index (χ0v) is 10.6. The minimum Gasteiger partial charge on any atom is -0.478 e. The number of aromatic carboxylic acids is 1. The molecule has 2 aromatic rings. The van der Waals surface area contributed by atoms with Crippen LogP contribution in [-0.4, -0.2) is 16.9 Å². The first-order valence-corrected chi connectivity index (χ1v) is 5.97. The molecule has 0 aliphatic carbocycles. The molecule has 0 amide bonds. The van der Waals surface area contributed by atoms with E-state index in [1.54, 1.807) is 18.2 Å². The molecule has 0 heterocycles. The van der Waals surface area contributed by atoms with E-state index in [4.69, 9.17) is 10.8 Å². The van der Waals surface area contributed by atoms with E-state index in [2.05, 4.69) is 0 Å². The van der Waals surface area contributed by atoms with Gasteiger partial charge in [0.05, 0.1) is 5.56 Å². The van der Waals surface area contributed by atoms with Crippen molar-refractivity contribution >= 4 is 23.5 Å². The lowest BCUT2D eigenvalue weighted by Gasteiger charge is -1.98. The Balaban J connectivity index is 2.11. The van der Waals surface area contributed by atoms with Gasteiger partial charge >= 0.3 is 5.97 Å². The lowest BCUT2D eigenvalue weighted by Crippen LogP contribution is -1.98. The van der Waals surface area contributed by atoms with Crippen molar-refractivity contribution in [1.29, 1.82) is 0 Å². The number of hydrogen-bond acceptors (Lipinski definition) is 3. The van der Waals surface area contributed by atoms with Crippen molar-refractivity contribution in [3.63, 3.8) is 0 Å². The maximum absolute atomic E-state index is 11.9. The fraction of sp³-hybridized carbons (Fsp3) is 0. The number of carbonyl (C=O) groups is 2. The monoisotopic (exact) mass is 267 g/mol. The number of allylic oxidation sites excluding steroid dienone is 1. The molecule has 0 unspecified atom stereocenters. The van der Waals surface area contributed by atoms with E-state index < -0.39 is 5.97 Å². The number of carboxylic acids is 1. The average Bonchev–Trinajstić information content (AvgIpc) is 2.46. The minimum atomic E-state index is -1.01. The number of nitrogens with two attached hydrogens (primary N) is 1. The number of anilines is 1. The average molecular weight is 267 g/mol. The highest BCUT2D eigenvalue weighted by Crippen LogP contribution is 2.10. The fourth-order valence-electron chi connectivity index (χ4n) is 1.65. The Bertz CT molecular complexity index is 655. The Hall–Kier alpha value is -2.88. The van der Waals surface area contributed by atoms with Crippen molar-refractivity contribution in [2.75, 3.05) is 5.73 Å². The van der Waals surface area contributed by atoms with E-state index >= 15 is 0 Å². The van der Waals surface area contributed by atoms with Gasteiger partial charge in [-0.15, -0.1) is 0 Å². The highest BCUT2D eigenvalue weighted by atomic mass is 16.4. The molecule has 3 N–H and O–H groups in total. The molecule has 0 aromatic heterocycles. The van der Waals surface area contributed by atoms with Gasteiger partial charge in [-0.1, -0.05) is 30.3 Å². The third-order valence-electron chi connectivity index (χ3n) is 2.78. The number of hydrogen-bond donors (Lipinski definition) is 2. The van der Waals surface area contributed by atoms with E-state index in [0.717, 1.165) is 5.56 Å². The molecule has 4 heteroatoms. The van der Waals surface area contributed by atoms with Crippen LogP contribution in [0, 0.1) is 0 Å². The Morgan fingerprint density at radius 1 is 0.900 bits per heavy atom. The maximum Gasteiger partial charge on any atom is 0.335 e. The number of carboxylic acid groups (broad SMARTS) is 1. The highest BCUT2D eigenvalue weighted by Gasteiger charge is 2.05. The number of ketones is 1. The lowest BCUT2D eigenvalue weighted by molar-refractivity contribution is 0.0696. The van der Waals surface area contributed by atoms with Crippen LogP contribution in [0.3, 0.4) is 0 Å². The third-order valence-corrected chi connectivity index (χ3v) is 2.78. The summed E-state index contributed by atoms with van der Waals surface area (Å²) in [7, 11) is 0. The van der Waals surface area contributed by atoms with Gasteiger partial charge in [-0.2, -0.15) is 0 Å². The summed E-state index contributed by atoms with van der Waals surface area (Å²) in [6.07, 6.45) is 3.13. The summed E-state index contributed by atoms with van der Waals surface area (Å²) in [6, 6.07) is 13.0. The second kappa shape index (κ2) is 5.84. The van der Waals surface area contributed by atoms with Crippen molar-refractivity contribution in [2.24, 2.45) is 0 Å². The molecule has 0 atom stereocenters. The van der Waals surface area contributed by atoms with Gasteiger partial charge in [-0.05, 0) is 35.9 Å². The molecule has 0 aliphatic rings. The van der Waals surface area contributed by atoms with E-state index in [-0.39, 0.29) is 11.3 Å². The van der Waals surface area contributed by atoms with Gasteiger partial charge in [0.15, 0.2) is 5.78 Å². The van der Waals surface area contributed by atoms with Gasteiger partial charge in [-0.3, -0.25) is 4.79 Å². The predicted octanol–water partition coefficient (Wildman–Crippen LogP) is 2.86. The number of nitrogen functional groups attached to an aromatic ring is 1. The van der Waals surface area contributed by atoms with Crippen molar-refractivity contribution in [3.8, 4) is 0 Å². The van der Waals surface area contributed by atoms with Crippen LogP contribution < -0.4 is 5.73 Å². The molecule has 0 spiro atoms. The summed E-state index contributed by atoms with van der Waals surface area (Å²) in [5.74, 6) is -1.19. The summed E-state index contributed by atoms with van der Waals surface area (Å²) >= 11 is 0. The smallest absolute Gasteiger partial charge is 0.335 e. The van der Waals surface area contributed by atoms with Crippen LogP contribution in [0.2, 0.25) is 0 Å². The van der Waals surface area contributed by atoms with Gasteiger partial charge in [0.25, 0.3) is 0 Å². The summed E-state index contributed by atoms with van der Waals surface area (Å²) in [5, 5.41) is 8.78. The number of carbonyl (C=O) groups excluding carboxylic acids is 1. The normalized spacial score (nSPS) is 10.6. The Labute approximate surface area is 116 Å². The largest absolute Gasteiger partial charge is 0.478 e. The Morgan fingerprint density at radius 2 is 1.45 bits per heavy atom. The predicted molar refractivity (Wildman–Crippen MR) is 77.6 cm³/mol. The maximum atomic E-state index is 11.9. The molecule has 0 saturated carbocycles. The topological polar surface area (TPSA) is 80.4 Å². The summed E-state index contributed by atoms with van der Waals surface area (Å²) in [4.78, 5) is 22.6. The van der Waals surface area contributed by atoms with Crippen LogP contribution >= 0.6 is 0 Å². The fourth-order valence-corrected chi connectivity index (χ4v) is 1.65. The quantitative estimate of drug-likeness (QED) is 0.507. The van der Waals surface area contributed by atoms with E-state index in [9.17, 15) is 9.59 Å². The lowest BCUT2D eigenvalue weighted by atomic mass is 10.1. The van der Waals surface area contributed by atoms with Crippen LogP contribution in [-0.2, 0) is 0 Å². The van der Waals surface area contributed by atoms with Crippen LogP contribution in [0.25, 0.3) is 6.08 Å². The van der Waals surface area contributed by atoms with Crippen molar-refractivity contribution < 1.29 is 14.7 Å². The minimum absolute atomic E-state index is 0.157. The Kier molecular flexibility index (Phi) is 3.96. The van der Waals surface area contributed by atoms with Crippen LogP contribution in [0.1, 0.15) is 26.3 Å². The zero-order chi connectivity index (χ0) is 14.5. The molecule has 4 nitrogen and oxygen atoms in total. The first-order chi connectivity index (χ1) is 9.56. The van der Waals surface area contributed by atoms with E-state index in [1.807, 2.05) is 12.1 Å². The molecule has 0 aliphatic heterocycles. The molecule has 0 bridgehead atoms. The molecular formula is C16H13NO3. The molecular weight excluding hydrogens is 254 g/mol. The number of rotatable bonds is 4. The summed E-state index contributed by atoms with van der Waals surface area (Å²) in [5.41, 5.74) is 7.71. The van der Waals surface area contributed by atoms with Gasteiger partial charge in [0, 0.05) is 11.3 Å². The summed E-state index contributed by atoms with van der Waals surface area (Å²) < 4.78 is 0. The van der Waals surface area contributed by atoms with Gasteiger partial charge < -0.3 is 10.8 Å². The van der Waals surface area contributed by atoms with Crippen molar-refractivity contribution in [1.82, 2.24) is 0 Å². The molecule has 0 fully saturated rings. The first-order valence-electron chi connectivity index (χ1n) is 5.97. The third kappa shape index (κ3) is 3.32.